The predicted molar refractivity (Wildman–Crippen MR) is 118 cm³/mol. The fraction of sp³-hybridized carbons (Fsp3) is 0.348. The van der Waals surface area contributed by atoms with E-state index in [0.29, 0.717) is 6.54 Å². The van der Waals surface area contributed by atoms with Crippen molar-refractivity contribution >= 4 is 27.9 Å². The van der Waals surface area contributed by atoms with E-state index in [1.165, 1.54) is 16.5 Å². The summed E-state index contributed by atoms with van der Waals surface area (Å²) in [6.45, 7) is 2.87. The van der Waals surface area contributed by atoms with E-state index < -0.39 is 0 Å². The molecule has 1 amide bonds. The van der Waals surface area contributed by atoms with Gasteiger partial charge in [-0.3, -0.25) is 9.69 Å². The summed E-state index contributed by atoms with van der Waals surface area (Å²) >= 11 is 0. The van der Waals surface area contributed by atoms with Gasteiger partial charge in [0, 0.05) is 57.0 Å². The van der Waals surface area contributed by atoms with Gasteiger partial charge in [-0.2, -0.15) is 0 Å². The van der Waals surface area contributed by atoms with Gasteiger partial charge >= 0.3 is 0 Å². The number of nitrogens with zero attached hydrogens (tertiary/aromatic N) is 5. The lowest BCUT2D eigenvalue weighted by Crippen LogP contribution is -2.41. The molecule has 3 heterocycles. The van der Waals surface area contributed by atoms with Gasteiger partial charge in [-0.05, 0) is 23.4 Å². The highest BCUT2D eigenvalue weighted by Crippen LogP contribution is 2.27. The Morgan fingerprint density at radius 2 is 2.07 bits per heavy atom. The van der Waals surface area contributed by atoms with Crippen LogP contribution in [0.2, 0.25) is 0 Å². The lowest BCUT2D eigenvalue weighted by molar-refractivity contribution is -0.129. The lowest BCUT2D eigenvalue weighted by atomic mass is 9.96. The number of hydrogen-bond donors (Lipinski definition) is 1. The number of likely N-dealkylation sites (N-methyl/N-ethyl adjacent to an activating group) is 1. The fourth-order valence-electron chi connectivity index (χ4n) is 4.40. The number of aromatic nitrogens is 2. The van der Waals surface area contributed by atoms with Gasteiger partial charge in [0.1, 0.15) is 5.35 Å². The number of fused-ring (bicyclic) bond motifs is 2. The van der Waals surface area contributed by atoms with Crippen LogP contribution in [0.25, 0.3) is 16.3 Å². The summed E-state index contributed by atoms with van der Waals surface area (Å²) in [5, 5.41) is 16.7. The zero-order chi connectivity index (χ0) is 20.8. The maximum Gasteiger partial charge on any atom is 0.236 e. The second-order valence-corrected chi connectivity index (χ2v) is 8.36. The largest absolute Gasteiger partial charge is 0.348 e. The Morgan fingerprint density at radius 3 is 2.83 bits per heavy atom. The number of anilines is 1. The van der Waals surface area contributed by atoms with Crippen molar-refractivity contribution in [2.24, 2.45) is 0 Å². The summed E-state index contributed by atoms with van der Waals surface area (Å²) < 4.78 is 0. The standard InChI is InChI=1S/C23H26N6O/c1-27(2)20(30)14-29-11-9-15(10-12-29)18-13-28(3)26-23-17-6-4-5-16-7-8-19(21(16)17)24-25-22(18)23/h4-9,26H,10-14H2,1-3H3. The van der Waals surface area contributed by atoms with E-state index >= 15 is 0 Å². The van der Waals surface area contributed by atoms with Crippen molar-refractivity contribution in [3.8, 4) is 0 Å². The molecule has 1 N–H and O–H groups in total. The van der Waals surface area contributed by atoms with Crippen LogP contribution in [0.3, 0.4) is 0 Å². The fourth-order valence-corrected chi connectivity index (χ4v) is 4.40. The van der Waals surface area contributed by atoms with Gasteiger partial charge in [0.05, 0.1) is 17.6 Å². The van der Waals surface area contributed by atoms with Crippen LogP contribution in [-0.4, -0.2) is 78.2 Å². The summed E-state index contributed by atoms with van der Waals surface area (Å²) in [6.07, 6.45) is 3.15. The summed E-state index contributed by atoms with van der Waals surface area (Å²) in [5.74, 6) is 0.140. The van der Waals surface area contributed by atoms with Crippen LogP contribution in [0.5, 0.6) is 0 Å². The molecule has 4 aliphatic rings. The Hall–Kier alpha value is -3.03. The molecule has 0 aromatic heterocycles. The van der Waals surface area contributed by atoms with Gasteiger partial charge in [-0.1, -0.05) is 30.3 Å². The average molecular weight is 403 g/mol. The molecule has 1 aromatic rings. The maximum atomic E-state index is 12.0. The van der Waals surface area contributed by atoms with Gasteiger partial charge in [0.15, 0.2) is 0 Å². The van der Waals surface area contributed by atoms with Crippen LogP contribution < -0.4 is 10.8 Å². The molecule has 154 valence electrons. The summed E-state index contributed by atoms with van der Waals surface area (Å²) in [5.41, 5.74) is 7.05. The van der Waals surface area contributed by atoms with Crippen LogP contribution in [0.1, 0.15) is 6.42 Å². The molecule has 0 bridgehead atoms. The van der Waals surface area contributed by atoms with E-state index in [2.05, 4.69) is 57.8 Å². The number of nitrogens with one attached hydrogen (secondary N) is 1. The second-order valence-electron chi connectivity index (χ2n) is 8.36. The number of rotatable bonds is 3. The van der Waals surface area contributed by atoms with Crippen LogP contribution in [0, 0.1) is 10.6 Å². The highest BCUT2D eigenvalue weighted by Gasteiger charge is 2.23. The first-order valence-electron chi connectivity index (χ1n) is 10.3. The molecule has 3 aliphatic heterocycles. The van der Waals surface area contributed by atoms with Crippen molar-refractivity contribution in [2.45, 2.75) is 6.42 Å². The molecule has 1 aromatic carbocycles. The Labute approximate surface area is 175 Å². The van der Waals surface area contributed by atoms with Crippen LogP contribution in [0.15, 0.2) is 42.0 Å². The zero-order valence-electron chi connectivity index (χ0n) is 17.6. The van der Waals surface area contributed by atoms with E-state index in [0.717, 1.165) is 53.0 Å². The molecular weight excluding hydrogens is 376 g/mol. The molecule has 0 fully saturated rings. The SMILES string of the molecule is CN1CC(C2=CCN(CC(=O)N(C)C)CC2)=c2nnc3ccc4cccc(c2N1)c4=3. The molecule has 0 radical (unpaired) electrons. The number of benzene rings is 1. The number of hydrogen-bond acceptors (Lipinski definition) is 6. The van der Waals surface area contributed by atoms with Crippen molar-refractivity contribution < 1.29 is 4.79 Å². The van der Waals surface area contributed by atoms with Crippen molar-refractivity contribution in [2.75, 3.05) is 52.7 Å². The molecule has 7 heteroatoms. The normalized spacial score (nSPS) is 17.7. The smallest absolute Gasteiger partial charge is 0.236 e. The van der Waals surface area contributed by atoms with Crippen LogP contribution >= 0.6 is 0 Å². The first kappa shape index (κ1) is 19.0. The van der Waals surface area contributed by atoms with E-state index in [9.17, 15) is 4.79 Å². The van der Waals surface area contributed by atoms with E-state index in [4.69, 9.17) is 5.10 Å². The zero-order valence-corrected chi connectivity index (χ0v) is 17.6. The summed E-state index contributed by atoms with van der Waals surface area (Å²) in [4.78, 5) is 15.9. The Balaban J connectivity index is 1.61. The molecule has 0 unspecified atom stereocenters. The second kappa shape index (κ2) is 7.34. The molecule has 1 aliphatic carbocycles. The Morgan fingerprint density at radius 1 is 1.20 bits per heavy atom. The first-order chi connectivity index (χ1) is 14.5. The third-order valence-electron chi connectivity index (χ3n) is 6.06. The number of carbonyl (C=O) groups excluding carboxylic acids is 1. The number of hydrazine groups is 1. The Kier molecular flexibility index (Phi) is 4.64. The lowest BCUT2D eigenvalue weighted by Gasteiger charge is -2.31. The monoisotopic (exact) mass is 402 g/mol. The van der Waals surface area contributed by atoms with E-state index in [1.54, 1.807) is 19.0 Å². The first-order valence-corrected chi connectivity index (χ1v) is 10.3. The third kappa shape index (κ3) is 3.20. The van der Waals surface area contributed by atoms with Crippen molar-refractivity contribution in [1.29, 1.82) is 0 Å². The van der Waals surface area contributed by atoms with E-state index in [1.807, 2.05) is 6.07 Å². The van der Waals surface area contributed by atoms with Gasteiger partial charge in [0.25, 0.3) is 0 Å². The quantitative estimate of drug-likeness (QED) is 0.711. The summed E-state index contributed by atoms with van der Waals surface area (Å²) in [6, 6.07) is 10.5. The highest BCUT2D eigenvalue weighted by atomic mass is 16.2. The molecule has 7 nitrogen and oxygen atoms in total. The maximum absolute atomic E-state index is 12.0. The van der Waals surface area contributed by atoms with Crippen LogP contribution in [0.4, 0.5) is 5.69 Å². The molecule has 30 heavy (non-hydrogen) atoms. The minimum atomic E-state index is 0.140. The molecule has 0 saturated heterocycles. The van der Waals surface area contributed by atoms with Gasteiger partial charge in [-0.15, -0.1) is 10.2 Å². The topological polar surface area (TPSA) is 64.6 Å². The number of amides is 1. The average Bonchev–Trinajstić information content (AvgIpc) is 3.08. The van der Waals surface area contributed by atoms with Gasteiger partial charge < -0.3 is 10.3 Å². The molecule has 5 rings (SSSR count). The van der Waals surface area contributed by atoms with Gasteiger partial charge in [-0.25, -0.2) is 5.01 Å². The minimum Gasteiger partial charge on any atom is -0.348 e. The highest BCUT2D eigenvalue weighted by molar-refractivity contribution is 5.85. The van der Waals surface area contributed by atoms with E-state index in [-0.39, 0.29) is 5.91 Å². The third-order valence-corrected chi connectivity index (χ3v) is 6.06. The molecule has 0 spiro atoms. The molecule has 0 saturated carbocycles. The minimum absolute atomic E-state index is 0.140. The Bertz CT molecular complexity index is 1280. The summed E-state index contributed by atoms with van der Waals surface area (Å²) in [7, 11) is 5.67. The van der Waals surface area contributed by atoms with Crippen molar-refractivity contribution in [1.82, 2.24) is 25.0 Å². The predicted octanol–water partition coefficient (Wildman–Crippen LogP) is 1.22. The number of carbonyl (C=O) groups is 1. The molecular formula is C23H26N6O. The molecule has 0 atom stereocenters. The van der Waals surface area contributed by atoms with Gasteiger partial charge in [0.2, 0.25) is 5.91 Å². The van der Waals surface area contributed by atoms with Crippen molar-refractivity contribution in [3.05, 3.63) is 57.9 Å². The van der Waals surface area contributed by atoms with Crippen molar-refractivity contribution in [3.63, 3.8) is 0 Å². The van der Waals surface area contributed by atoms with Crippen LogP contribution in [-0.2, 0) is 4.79 Å².